The SMILES string of the molecule is CC(C)(C)c1cc2ccc3c4c5c(c6ccc(c1)c2c36)-n1c2ccc(C(C)(C)C)cc2c2cc(C(C)(C)C)cc(c21)B5n1c(-c2ccccc2)c(-c2ccccc2)c2cccc-4c21. The number of para-hydroxylation sites is 1. The predicted octanol–water partition coefficient (Wildman–Crippen LogP) is 14.8. The summed E-state index contributed by atoms with van der Waals surface area (Å²) in [5, 5.41) is 12.0. The van der Waals surface area contributed by atoms with Gasteiger partial charge in [-0.05, 0) is 100 Å². The van der Waals surface area contributed by atoms with Gasteiger partial charge in [-0.25, -0.2) is 0 Å². The molecule has 0 unspecified atom stereocenters. The molecule has 0 N–H and O–H groups in total. The molecule has 2 nitrogen and oxygen atoms in total. The minimum atomic E-state index is -0.0850. The van der Waals surface area contributed by atoms with Crippen LogP contribution < -0.4 is 10.9 Å². The lowest BCUT2D eigenvalue weighted by Gasteiger charge is -2.37. The maximum Gasteiger partial charge on any atom is 0.333 e. The Balaban J connectivity index is 1.32. The smallest absolute Gasteiger partial charge is 0.333 e. The van der Waals surface area contributed by atoms with Crippen LogP contribution in [0, 0.1) is 0 Å². The number of fused-ring (bicyclic) bond motifs is 9. The molecule has 0 aliphatic carbocycles. The standard InChI is InChI=1S/C60H51BN2/c1-58(2,3)38-25-28-48-45(31-38)46-32-40(60(7,8)9)33-47-56(46)62(48)57-44-27-24-37-30-39(59(4,5)6)29-36-23-26-41(51(44)49(36)37)52-43-22-16-21-42-50(34-17-12-10-13-18-34)54(35-19-14-11-15-20-35)63(55(42)43)61(47)53(52)57/h10-33H,1-9H3. The molecule has 2 aromatic heterocycles. The summed E-state index contributed by atoms with van der Waals surface area (Å²) in [6.45, 7) is 21.1. The van der Waals surface area contributed by atoms with Gasteiger partial charge in [-0.3, -0.25) is 0 Å². The Bertz CT molecular complexity index is 3750. The molecule has 2 aliphatic heterocycles. The first-order valence-corrected chi connectivity index (χ1v) is 22.9. The van der Waals surface area contributed by atoms with E-state index in [-0.39, 0.29) is 23.1 Å². The largest absolute Gasteiger partial charge is 0.375 e. The molecule has 0 fully saturated rings. The third kappa shape index (κ3) is 4.86. The zero-order valence-electron chi connectivity index (χ0n) is 37.8. The first-order chi connectivity index (χ1) is 30.2. The Morgan fingerprint density at radius 3 is 1.71 bits per heavy atom. The van der Waals surface area contributed by atoms with E-state index in [4.69, 9.17) is 0 Å². The van der Waals surface area contributed by atoms with Crippen molar-refractivity contribution < 1.29 is 0 Å². The molecule has 3 heteroatoms. The summed E-state index contributed by atoms with van der Waals surface area (Å²) >= 11 is 0. The fraction of sp³-hybridized carbons (Fsp3) is 0.200. The second-order valence-corrected chi connectivity index (χ2v) is 21.7. The second-order valence-electron chi connectivity index (χ2n) is 21.7. The number of aromatic nitrogens is 2. The number of benzene rings is 9. The van der Waals surface area contributed by atoms with Crippen LogP contribution in [-0.4, -0.2) is 15.9 Å². The van der Waals surface area contributed by atoms with Gasteiger partial charge in [-0.1, -0.05) is 190 Å². The average molecular weight is 811 g/mol. The summed E-state index contributed by atoms with van der Waals surface area (Å²) in [4.78, 5) is 0. The minimum absolute atomic E-state index is 0.00671. The molecule has 9 aromatic carbocycles. The third-order valence-corrected chi connectivity index (χ3v) is 14.8. The van der Waals surface area contributed by atoms with Gasteiger partial charge in [0.15, 0.2) is 0 Å². The summed E-state index contributed by atoms with van der Waals surface area (Å²) in [7, 11) is 0. The average Bonchev–Trinajstić information content (AvgIpc) is 3.79. The highest BCUT2D eigenvalue weighted by atomic mass is 15.0. The van der Waals surface area contributed by atoms with E-state index in [2.05, 4.69) is 217 Å². The molecular weight excluding hydrogens is 759 g/mol. The highest BCUT2D eigenvalue weighted by Gasteiger charge is 2.45. The van der Waals surface area contributed by atoms with Crippen molar-refractivity contribution in [1.29, 1.82) is 0 Å². The highest BCUT2D eigenvalue weighted by molar-refractivity contribution is 6.90. The van der Waals surface area contributed by atoms with Gasteiger partial charge in [0.1, 0.15) is 0 Å². The molecule has 0 radical (unpaired) electrons. The molecule has 13 rings (SSSR count). The normalized spacial score (nSPS) is 13.8. The van der Waals surface area contributed by atoms with E-state index in [1.165, 1.54) is 132 Å². The second kappa shape index (κ2) is 12.1. The van der Waals surface area contributed by atoms with Crippen LogP contribution in [0.3, 0.4) is 0 Å². The van der Waals surface area contributed by atoms with E-state index in [0.717, 1.165) is 0 Å². The molecule has 0 saturated carbocycles. The van der Waals surface area contributed by atoms with Crippen molar-refractivity contribution in [2.75, 3.05) is 0 Å². The Morgan fingerprint density at radius 2 is 1.05 bits per heavy atom. The van der Waals surface area contributed by atoms with E-state index in [1.807, 2.05) is 0 Å². The van der Waals surface area contributed by atoms with Crippen LogP contribution in [0.25, 0.3) is 104 Å². The zero-order valence-corrected chi connectivity index (χ0v) is 37.8. The molecule has 0 atom stereocenters. The zero-order chi connectivity index (χ0) is 43.1. The van der Waals surface area contributed by atoms with Crippen LogP contribution in [0.5, 0.6) is 0 Å². The van der Waals surface area contributed by atoms with Crippen molar-refractivity contribution >= 4 is 82.8 Å². The fourth-order valence-corrected chi connectivity index (χ4v) is 11.8. The van der Waals surface area contributed by atoms with Gasteiger partial charge in [0, 0.05) is 49.3 Å². The molecule has 304 valence electrons. The molecule has 0 spiro atoms. The molecule has 4 heterocycles. The van der Waals surface area contributed by atoms with Gasteiger partial charge in [-0.2, -0.15) is 0 Å². The summed E-state index contributed by atoms with van der Waals surface area (Å²) in [6.07, 6.45) is 0. The van der Waals surface area contributed by atoms with E-state index in [1.54, 1.807) is 0 Å². The predicted molar refractivity (Wildman–Crippen MR) is 273 cm³/mol. The molecule has 0 saturated heterocycles. The van der Waals surface area contributed by atoms with Crippen LogP contribution in [-0.2, 0) is 16.2 Å². The molecule has 0 bridgehead atoms. The number of nitrogens with zero attached hydrogens (tertiary/aromatic N) is 2. The first-order valence-electron chi connectivity index (χ1n) is 22.9. The van der Waals surface area contributed by atoms with Gasteiger partial charge in [0.05, 0.1) is 16.7 Å². The molecule has 0 amide bonds. The first kappa shape index (κ1) is 37.0. The van der Waals surface area contributed by atoms with E-state index < -0.39 is 0 Å². The highest BCUT2D eigenvalue weighted by Crippen LogP contribution is 2.52. The summed E-state index contributed by atoms with van der Waals surface area (Å²) in [5.41, 5.74) is 19.9. The van der Waals surface area contributed by atoms with E-state index >= 15 is 0 Å². The summed E-state index contributed by atoms with van der Waals surface area (Å²) in [6, 6.07) is 56.6. The van der Waals surface area contributed by atoms with Gasteiger partial charge in [0.2, 0.25) is 0 Å². The van der Waals surface area contributed by atoms with Crippen LogP contribution >= 0.6 is 0 Å². The monoisotopic (exact) mass is 810 g/mol. The lowest BCUT2D eigenvalue weighted by molar-refractivity contribution is 0.590. The quantitative estimate of drug-likeness (QED) is 0.122. The Morgan fingerprint density at radius 1 is 0.429 bits per heavy atom. The number of rotatable bonds is 2. The van der Waals surface area contributed by atoms with Crippen molar-refractivity contribution in [3.05, 3.63) is 162 Å². The maximum absolute atomic E-state index is 2.78. The van der Waals surface area contributed by atoms with Gasteiger partial charge in [-0.15, -0.1) is 0 Å². The molecule has 2 aliphatic rings. The topological polar surface area (TPSA) is 9.86 Å². The van der Waals surface area contributed by atoms with E-state index in [0.29, 0.717) is 0 Å². The maximum atomic E-state index is 2.78. The minimum Gasteiger partial charge on any atom is -0.375 e. The van der Waals surface area contributed by atoms with Crippen molar-refractivity contribution in [3.63, 3.8) is 0 Å². The molecule has 63 heavy (non-hydrogen) atoms. The summed E-state index contributed by atoms with van der Waals surface area (Å²) in [5.74, 6) is 0. The van der Waals surface area contributed by atoms with Gasteiger partial charge in [0.25, 0.3) is 0 Å². The Labute approximate surface area is 370 Å². The van der Waals surface area contributed by atoms with Crippen molar-refractivity contribution in [1.82, 2.24) is 9.05 Å². The van der Waals surface area contributed by atoms with Crippen molar-refractivity contribution in [2.24, 2.45) is 0 Å². The number of hydrogen-bond donors (Lipinski definition) is 0. The lowest BCUT2D eigenvalue weighted by Crippen LogP contribution is -2.56. The van der Waals surface area contributed by atoms with E-state index in [9.17, 15) is 0 Å². The fourth-order valence-electron chi connectivity index (χ4n) is 11.8. The van der Waals surface area contributed by atoms with Crippen LogP contribution in [0.2, 0.25) is 0 Å². The van der Waals surface area contributed by atoms with Crippen LogP contribution in [0.4, 0.5) is 0 Å². The molecular formula is C60H51BN2. The lowest BCUT2D eigenvalue weighted by atomic mass is 9.44. The Kier molecular flexibility index (Phi) is 7.12. The molecule has 11 aromatic rings. The summed E-state index contributed by atoms with van der Waals surface area (Å²) < 4.78 is 5.49. The van der Waals surface area contributed by atoms with Gasteiger partial charge >= 0.3 is 6.85 Å². The van der Waals surface area contributed by atoms with Crippen molar-refractivity contribution in [2.45, 2.75) is 78.6 Å². The van der Waals surface area contributed by atoms with Crippen LogP contribution in [0.15, 0.2) is 146 Å². The van der Waals surface area contributed by atoms with Crippen LogP contribution in [0.1, 0.15) is 79.0 Å². The third-order valence-electron chi connectivity index (χ3n) is 14.8. The van der Waals surface area contributed by atoms with Crippen molar-refractivity contribution in [3.8, 4) is 39.2 Å². The Hall–Kier alpha value is -6.58. The number of hydrogen-bond acceptors (Lipinski definition) is 0. The van der Waals surface area contributed by atoms with Gasteiger partial charge < -0.3 is 9.05 Å².